The molecule has 0 saturated carbocycles. The molecule has 1 saturated heterocycles. The van der Waals surface area contributed by atoms with Gasteiger partial charge in [-0.2, -0.15) is 0 Å². The van der Waals surface area contributed by atoms with Gasteiger partial charge in [-0.25, -0.2) is 0 Å². The van der Waals surface area contributed by atoms with Crippen molar-refractivity contribution in [2.24, 2.45) is 17.8 Å². The van der Waals surface area contributed by atoms with Gasteiger partial charge >= 0.3 is 0 Å². The summed E-state index contributed by atoms with van der Waals surface area (Å²) in [5.74, 6) is 1.84. The largest absolute Gasteiger partial charge is 0.414 e. The molecule has 1 amide bonds. The monoisotopic (exact) mass is 425 g/mol. The first-order chi connectivity index (χ1) is 13.6. The van der Waals surface area contributed by atoms with Crippen LogP contribution in [0.3, 0.4) is 0 Å². The molecule has 4 heteroatoms. The van der Waals surface area contributed by atoms with Crippen molar-refractivity contribution < 1.29 is 9.22 Å². The van der Waals surface area contributed by atoms with Gasteiger partial charge in [-0.1, -0.05) is 67.2 Å². The van der Waals surface area contributed by atoms with Crippen LogP contribution in [0.15, 0.2) is 0 Å². The first kappa shape index (κ1) is 26.7. The molecule has 0 aliphatic carbocycles. The average Bonchev–Trinajstić information content (AvgIpc) is 2.65. The van der Waals surface area contributed by atoms with Gasteiger partial charge in [-0.3, -0.25) is 4.79 Å². The second kappa shape index (κ2) is 12.5. The Morgan fingerprint density at radius 2 is 1.62 bits per heavy atom. The number of hydrogen-bond acceptors (Lipinski definition) is 2. The third kappa shape index (κ3) is 8.73. The van der Waals surface area contributed by atoms with Crippen LogP contribution in [0, 0.1) is 17.8 Å². The molecule has 0 bridgehead atoms. The molecule has 0 unspecified atom stereocenters. The molecule has 4 atom stereocenters. The first-order valence-electron chi connectivity index (χ1n) is 12.5. The maximum absolute atomic E-state index is 12.5. The van der Waals surface area contributed by atoms with Gasteiger partial charge in [0.25, 0.3) is 0 Å². The van der Waals surface area contributed by atoms with Gasteiger partial charge in [0, 0.05) is 18.6 Å². The van der Waals surface area contributed by atoms with Crippen LogP contribution in [-0.4, -0.2) is 26.9 Å². The first-order valence-corrected chi connectivity index (χ1v) is 15.4. The molecule has 0 aromatic heterocycles. The lowest BCUT2D eigenvalue weighted by molar-refractivity contribution is -0.125. The van der Waals surface area contributed by atoms with Crippen molar-refractivity contribution in [2.45, 2.75) is 130 Å². The fraction of sp³-hybridized carbons (Fsp3) is 0.960. The summed E-state index contributed by atoms with van der Waals surface area (Å²) < 4.78 is 7.01. The van der Waals surface area contributed by atoms with Gasteiger partial charge in [0.15, 0.2) is 8.32 Å². The van der Waals surface area contributed by atoms with E-state index in [1.807, 2.05) is 0 Å². The molecule has 1 heterocycles. The topological polar surface area (TPSA) is 38.3 Å². The summed E-state index contributed by atoms with van der Waals surface area (Å²) in [4.78, 5) is 12.5. The van der Waals surface area contributed by atoms with Crippen LogP contribution >= 0.6 is 0 Å². The van der Waals surface area contributed by atoms with Crippen LogP contribution in [-0.2, 0) is 9.22 Å². The van der Waals surface area contributed by atoms with Gasteiger partial charge in [-0.15, -0.1) is 0 Å². The SMILES string of the molecule is CC[C@H]1CCC[C@@H](CC)C(=O)NCCC[C@@H](CC)[C@H](O[Si](C)(C)C(C)(C)C)CC1. The minimum atomic E-state index is -1.79. The molecule has 0 aromatic rings. The van der Waals surface area contributed by atoms with E-state index >= 15 is 0 Å². The number of carbonyl (C=O) groups is 1. The van der Waals surface area contributed by atoms with Crippen molar-refractivity contribution in [2.75, 3.05) is 6.54 Å². The highest BCUT2D eigenvalue weighted by Crippen LogP contribution is 2.40. The Bertz CT molecular complexity index is 472. The number of amides is 1. The summed E-state index contributed by atoms with van der Waals surface area (Å²) in [6, 6.07) is 0. The summed E-state index contributed by atoms with van der Waals surface area (Å²) >= 11 is 0. The summed E-state index contributed by atoms with van der Waals surface area (Å²) in [5, 5.41) is 3.47. The predicted octanol–water partition coefficient (Wildman–Crippen LogP) is 7.32. The fourth-order valence-electron chi connectivity index (χ4n) is 4.45. The van der Waals surface area contributed by atoms with Crippen LogP contribution in [0.4, 0.5) is 0 Å². The summed E-state index contributed by atoms with van der Waals surface area (Å²) in [6.07, 6.45) is 11.9. The van der Waals surface area contributed by atoms with Gasteiger partial charge in [0.2, 0.25) is 5.91 Å². The van der Waals surface area contributed by atoms with Crippen molar-refractivity contribution in [3.63, 3.8) is 0 Å². The van der Waals surface area contributed by atoms with E-state index in [0.717, 1.165) is 38.1 Å². The molecule has 1 aliphatic rings. The lowest BCUT2D eigenvalue weighted by Gasteiger charge is -2.42. The normalized spacial score (nSPS) is 29.2. The van der Waals surface area contributed by atoms with Crippen molar-refractivity contribution in [1.82, 2.24) is 5.32 Å². The van der Waals surface area contributed by atoms with E-state index in [2.05, 4.69) is 60.0 Å². The molecule has 0 spiro atoms. The minimum absolute atomic E-state index is 0.201. The molecule has 29 heavy (non-hydrogen) atoms. The predicted molar refractivity (Wildman–Crippen MR) is 129 cm³/mol. The number of carbonyl (C=O) groups excluding carboxylic acids is 1. The van der Waals surface area contributed by atoms with Crippen LogP contribution in [0.2, 0.25) is 18.1 Å². The Kier molecular flexibility index (Phi) is 11.5. The second-order valence-electron chi connectivity index (χ2n) is 10.9. The minimum Gasteiger partial charge on any atom is -0.414 e. The van der Waals surface area contributed by atoms with E-state index in [4.69, 9.17) is 4.43 Å². The van der Waals surface area contributed by atoms with E-state index in [0.29, 0.717) is 12.0 Å². The molecule has 0 aromatic carbocycles. The number of rotatable bonds is 5. The zero-order valence-electron chi connectivity index (χ0n) is 20.9. The molecule has 1 aliphatic heterocycles. The average molecular weight is 426 g/mol. The smallest absolute Gasteiger partial charge is 0.223 e. The van der Waals surface area contributed by atoms with Gasteiger partial charge in [0.05, 0.1) is 0 Å². The van der Waals surface area contributed by atoms with Crippen LogP contribution in [0.1, 0.15) is 106 Å². The van der Waals surface area contributed by atoms with E-state index in [1.54, 1.807) is 0 Å². The number of nitrogens with one attached hydrogen (secondary N) is 1. The molecular formula is C25H51NO2Si. The van der Waals surface area contributed by atoms with Gasteiger partial charge in [-0.05, 0) is 68.5 Å². The van der Waals surface area contributed by atoms with Crippen LogP contribution in [0.25, 0.3) is 0 Å². The van der Waals surface area contributed by atoms with E-state index < -0.39 is 8.32 Å². The quantitative estimate of drug-likeness (QED) is 0.469. The molecule has 3 nitrogen and oxygen atoms in total. The Morgan fingerprint density at radius 3 is 2.17 bits per heavy atom. The third-order valence-electron chi connectivity index (χ3n) is 7.82. The number of hydrogen-bond donors (Lipinski definition) is 1. The summed E-state index contributed by atoms with van der Waals surface area (Å²) in [6.45, 7) is 19.4. The Labute approximate surface area is 183 Å². The van der Waals surface area contributed by atoms with Gasteiger partial charge < -0.3 is 9.74 Å². The van der Waals surface area contributed by atoms with Crippen molar-refractivity contribution in [3.8, 4) is 0 Å². The molecule has 172 valence electrons. The van der Waals surface area contributed by atoms with Crippen molar-refractivity contribution in [1.29, 1.82) is 0 Å². The standard InChI is InChI=1S/C25H51NO2Si/c1-9-20-14-12-15-22(11-3)24(27)26-19-13-16-21(10-2)23(18-17-20)28-29(7,8)25(4,5)6/h20-23H,9-19H2,1-8H3,(H,26,27)/t20-,21+,22+,23+/m0/s1. The maximum atomic E-state index is 12.5. The van der Waals surface area contributed by atoms with E-state index in [-0.39, 0.29) is 16.9 Å². The Morgan fingerprint density at radius 1 is 0.931 bits per heavy atom. The maximum Gasteiger partial charge on any atom is 0.223 e. The van der Waals surface area contributed by atoms with Gasteiger partial charge in [0.1, 0.15) is 0 Å². The third-order valence-corrected chi connectivity index (χ3v) is 12.3. The van der Waals surface area contributed by atoms with Crippen LogP contribution in [0.5, 0.6) is 0 Å². The zero-order valence-corrected chi connectivity index (χ0v) is 21.9. The summed E-state index contributed by atoms with van der Waals surface area (Å²) in [5.41, 5.74) is 0. The van der Waals surface area contributed by atoms with E-state index in [9.17, 15) is 4.79 Å². The highest BCUT2D eigenvalue weighted by atomic mass is 28.4. The van der Waals surface area contributed by atoms with E-state index in [1.165, 1.54) is 38.5 Å². The molecule has 1 rings (SSSR count). The Balaban J connectivity index is 2.95. The second-order valence-corrected chi connectivity index (χ2v) is 15.7. The highest BCUT2D eigenvalue weighted by Gasteiger charge is 2.40. The zero-order chi connectivity index (χ0) is 22.1. The lowest BCUT2D eigenvalue weighted by Crippen LogP contribution is -2.46. The van der Waals surface area contributed by atoms with Crippen molar-refractivity contribution >= 4 is 14.2 Å². The molecule has 1 N–H and O–H groups in total. The Hall–Kier alpha value is -0.353. The fourth-order valence-corrected chi connectivity index (χ4v) is 5.87. The summed E-state index contributed by atoms with van der Waals surface area (Å²) in [7, 11) is -1.79. The molecule has 0 radical (unpaired) electrons. The molecular weight excluding hydrogens is 374 g/mol. The highest BCUT2D eigenvalue weighted by molar-refractivity contribution is 6.74. The van der Waals surface area contributed by atoms with Crippen LogP contribution < -0.4 is 5.32 Å². The molecule has 1 fully saturated rings. The van der Waals surface area contributed by atoms with Crippen molar-refractivity contribution in [3.05, 3.63) is 0 Å². The lowest BCUT2D eigenvalue weighted by atomic mass is 9.85.